The fourth-order valence-corrected chi connectivity index (χ4v) is 3.51. The third-order valence-electron chi connectivity index (χ3n) is 4.77. The summed E-state index contributed by atoms with van der Waals surface area (Å²) in [5.74, 6) is 1.59. The molecule has 0 bridgehead atoms. The SMILES string of the molecule is CCCCN(CCCC)CCCn1c(C(C)C)nc2cc(Cl)ccc21. The summed E-state index contributed by atoms with van der Waals surface area (Å²) in [6.07, 6.45) is 6.31. The quantitative estimate of drug-likeness (QED) is 0.480. The Kier molecular flexibility index (Phi) is 8.25. The number of halogens is 1. The molecule has 3 nitrogen and oxygen atoms in total. The van der Waals surface area contributed by atoms with Crippen molar-refractivity contribution >= 4 is 22.6 Å². The van der Waals surface area contributed by atoms with Gasteiger partial charge >= 0.3 is 0 Å². The molecule has 0 amide bonds. The first-order valence-corrected chi connectivity index (χ1v) is 10.3. The Morgan fingerprint density at radius 1 is 1.04 bits per heavy atom. The molecular weight excluding hydrogens is 330 g/mol. The Labute approximate surface area is 158 Å². The van der Waals surface area contributed by atoms with Crippen LogP contribution in [0.1, 0.15) is 71.5 Å². The van der Waals surface area contributed by atoms with E-state index in [-0.39, 0.29) is 0 Å². The van der Waals surface area contributed by atoms with Gasteiger partial charge in [-0.05, 0) is 57.1 Å². The van der Waals surface area contributed by atoms with Crippen LogP contribution in [0.4, 0.5) is 0 Å². The molecule has 4 heteroatoms. The fraction of sp³-hybridized carbons (Fsp3) is 0.667. The second-order valence-corrected chi connectivity index (χ2v) is 7.75. The molecule has 0 saturated carbocycles. The van der Waals surface area contributed by atoms with Crippen molar-refractivity contribution in [3.05, 3.63) is 29.0 Å². The monoisotopic (exact) mass is 363 g/mol. The summed E-state index contributed by atoms with van der Waals surface area (Å²) in [7, 11) is 0. The Morgan fingerprint density at radius 3 is 2.28 bits per heavy atom. The summed E-state index contributed by atoms with van der Waals surface area (Å²) >= 11 is 6.15. The van der Waals surface area contributed by atoms with Crippen molar-refractivity contribution < 1.29 is 0 Å². The van der Waals surface area contributed by atoms with Gasteiger partial charge in [0.2, 0.25) is 0 Å². The van der Waals surface area contributed by atoms with Gasteiger partial charge in [-0.2, -0.15) is 0 Å². The van der Waals surface area contributed by atoms with E-state index in [1.807, 2.05) is 12.1 Å². The van der Waals surface area contributed by atoms with Gasteiger partial charge in [0.05, 0.1) is 11.0 Å². The first-order chi connectivity index (χ1) is 12.1. The highest BCUT2D eigenvalue weighted by Crippen LogP contribution is 2.24. The van der Waals surface area contributed by atoms with Gasteiger partial charge in [0.1, 0.15) is 5.82 Å². The lowest BCUT2D eigenvalue weighted by Crippen LogP contribution is -2.28. The number of hydrogen-bond donors (Lipinski definition) is 0. The van der Waals surface area contributed by atoms with Crippen molar-refractivity contribution in [2.75, 3.05) is 19.6 Å². The highest BCUT2D eigenvalue weighted by Gasteiger charge is 2.14. The average molecular weight is 364 g/mol. The number of nitrogens with zero attached hydrogens (tertiary/aromatic N) is 3. The maximum atomic E-state index is 6.15. The topological polar surface area (TPSA) is 21.1 Å². The second kappa shape index (κ2) is 10.2. The third-order valence-corrected chi connectivity index (χ3v) is 5.00. The van der Waals surface area contributed by atoms with Crippen molar-refractivity contribution in [3.63, 3.8) is 0 Å². The predicted molar refractivity (Wildman–Crippen MR) is 110 cm³/mol. The Hall–Kier alpha value is -1.06. The summed E-state index contributed by atoms with van der Waals surface area (Å²) in [4.78, 5) is 7.47. The van der Waals surface area contributed by atoms with Crippen LogP contribution in [0, 0.1) is 0 Å². The Balaban J connectivity index is 2.06. The maximum Gasteiger partial charge on any atom is 0.112 e. The smallest absolute Gasteiger partial charge is 0.112 e. The second-order valence-electron chi connectivity index (χ2n) is 7.31. The van der Waals surface area contributed by atoms with Crippen molar-refractivity contribution in [1.29, 1.82) is 0 Å². The van der Waals surface area contributed by atoms with E-state index in [1.54, 1.807) is 0 Å². The molecular formula is C21H34ClN3. The number of fused-ring (bicyclic) bond motifs is 1. The summed E-state index contributed by atoms with van der Waals surface area (Å²) in [6.45, 7) is 13.6. The number of unbranched alkanes of at least 4 members (excludes halogenated alkanes) is 2. The zero-order chi connectivity index (χ0) is 18.2. The number of imidazole rings is 1. The number of aryl methyl sites for hydroxylation is 1. The van der Waals surface area contributed by atoms with Gasteiger partial charge in [0.15, 0.2) is 0 Å². The minimum atomic E-state index is 0.419. The van der Waals surface area contributed by atoms with Crippen LogP contribution >= 0.6 is 11.6 Å². The molecule has 0 radical (unpaired) electrons. The highest BCUT2D eigenvalue weighted by atomic mass is 35.5. The van der Waals surface area contributed by atoms with Gasteiger partial charge in [0.25, 0.3) is 0 Å². The molecule has 0 saturated heterocycles. The zero-order valence-electron chi connectivity index (χ0n) is 16.4. The Morgan fingerprint density at radius 2 is 1.68 bits per heavy atom. The normalized spacial score (nSPS) is 12.0. The molecule has 0 atom stereocenters. The molecule has 140 valence electrons. The molecule has 1 aromatic carbocycles. The highest BCUT2D eigenvalue weighted by molar-refractivity contribution is 6.31. The van der Waals surface area contributed by atoms with Crippen LogP contribution in [-0.2, 0) is 6.54 Å². The van der Waals surface area contributed by atoms with Crippen molar-refractivity contribution in [2.45, 2.75) is 72.3 Å². The lowest BCUT2D eigenvalue weighted by molar-refractivity contribution is 0.257. The summed E-state index contributed by atoms with van der Waals surface area (Å²) in [6, 6.07) is 6.07. The van der Waals surface area contributed by atoms with Crippen molar-refractivity contribution in [3.8, 4) is 0 Å². The molecule has 0 aliphatic carbocycles. The molecule has 25 heavy (non-hydrogen) atoms. The van der Waals surface area contributed by atoms with Crippen LogP contribution in [0.3, 0.4) is 0 Å². The van der Waals surface area contributed by atoms with Crippen LogP contribution < -0.4 is 0 Å². The molecule has 1 aromatic heterocycles. The molecule has 0 aliphatic heterocycles. The van der Waals surface area contributed by atoms with Gasteiger partial charge in [-0.15, -0.1) is 0 Å². The van der Waals surface area contributed by atoms with Crippen LogP contribution in [0.5, 0.6) is 0 Å². The lowest BCUT2D eigenvalue weighted by Gasteiger charge is -2.22. The van der Waals surface area contributed by atoms with Crippen LogP contribution in [-0.4, -0.2) is 34.1 Å². The predicted octanol–water partition coefficient (Wildman–Crippen LogP) is 6.11. The van der Waals surface area contributed by atoms with E-state index < -0.39 is 0 Å². The number of benzene rings is 1. The molecule has 0 spiro atoms. The standard InChI is InChI=1S/C21H34ClN3/c1-5-7-12-24(13-8-6-2)14-9-15-25-20-11-10-18(22)16-19(20)23-21(25)17(3)4/h10-11,16-17H,5-9,12-15H2,1-4H3. The molecule has 0 fully saturated rings. The van der Waals surface area contributed by atoms with Gasteiger partial charge in [-0.25, -0.2) is 4.98 Å². The summed E-state index contributed by atoms with van der Waals surface area (Å²) < 4.78 is 2.40. The van der Waals surface area contributed by atoms with E-state index in [2.05, 4.69) is 43.2 Å². The molecule has 0 unspecified atom stereocenters. The van der Waals surface area contributed by atoms with E-state index in [0.717, 1.165) is 17.1 Å². The Bertz CT molecular complexity index is 640. The van der Waals surface area contributed by atoms with E-state index in [4.69, 9.17) is 16.6 Å². The minimum absolute atomic E-state index is 0.419. The first kappa shape index (κ1) is 20.3. The molecule has 0 N–H and O–H groups in total. The van der Waals surface area contributed by atoms with Crippen LogP contribution in [0.2, 0.25) is 5.02 Å². The van der Waals surface area contributed by atoms with E-state index >= 15 is 0 Å². The summed E-state index contributed by atoms with van der Waals surface area (Å²) in [5.41, 5.74) is 2.23. The van der Waals surface area contributed by atoms with E-state index in [1.165, 1.54) is 63.1 Å². The number of hydrogen-bond acceptors (Lipinski definition) is 2. The molecule has 2 rings (SSSR count). The van der Waals surface area contributed by atoms with Gasteiger partial charge in [0, 0.05) is 17.5 Å². The molecule has 2 aromatic rings. The minimum Gasteiger partial charge on any atom is -0.328 e. The van der Waals surface area contributed by atoms with Crippen molar-refractivity contribution in [2.24, 2.45) is 0 Å². The average Bonchev–Trinajstić information content (AvgIpc) is 2.94. The van der Waals surface area contributed by atoms with Crippen LogP contribution in [0.25, 0.3) is 11.0 Å². The van der Waals surface area contributed by atoms with Crippen molar-refractivity contribution in [1.82, 2.24) is 14.5 Å². The van der Waals surface area contributed by atoms with E-state index in [0.29, 0.717) is 5.92 Å². The van der Waals surface area contributed by atoms with Crippen LogP contribution in [0.15, 0.2) is 18.2 Å². The largest absolute Gasteiger partial charge is 0.328 e. The number of rotatable bonds is 11. The molecule has 1 heterocycles. The van der Waals surface area contributed by atoms with Gasteiger partial charge < -0.3 is 9.47 Å². The maximum absolute atomic E-state index is 6.15. The molecule has 0 aliphatic rings. The summed E-state index contributed by atoms with van der Waals surface area (Å²) in [5, 5.41) is 0.762. The zero-order valence-corrected chi connectivity index (χ0v) is 17.1. The van der Waals surface area contributed by atoms with Gasteiger partial charge in [-0.1, -0.05) is 52.1 Å². The van der Waals surface area contributed by atoms with E-state index in [9.17, 15) is 0 Å². The first-order valence-electron chi connectivity index (χ1n) is 9.94. The lowest BCUT2D eigenvalue weighted by atomic mass is 10.2. The fourth-order valence-electron chi connectivity index (χ4n) is 3.35. The third kappa shape index (κ3) is 5.72. The van der Waals surface area contributed by atoms with Gasteiger partial charge in [-0.3, -0.25) is 0 Å². The number of aromatic nitrogens is 2.